The second-order valence-corrected chi connectivity index (χ2v) is 2.19. The van der Waals surface area contributed by atoms with Crippen LogP contribution < -0.4 is 4.74 Å². The zero-order valence-electron chi connectivity index (χ0n) is 6.77. The van der Waals surface area contributed by atoms with Crippen molar-refractivity contribution in [1.82, 2.24) is 0 Å². The number of hydrogen-bond acceptors (Lipinski definition) is 1. The van der Waals surface area contributed by atoms with Crippen LogP contribution in [0, 0.1) is 6.92 Å². The summed E-state index contributed by atoms with van der Waals surface area (Å²) < 4.78 is 38.4. The molecule has 0 aliphatic heterocycles. The Morgan fingerprint density at radius 1 is 1.08 bits per heavy atom. The van der Waals surface area contributed by atoms with Crippen LogP contribution in [0.2, 0.25) is 0 Å². The SMILES string of the molecule is [CH2-]c1ccc(OC(F)(F)F)cc1.[Zn]. The van der Waals surface area contributed by atoms with Gasteiger partial charge in [0.05, 0.1) is 0 Å². The third-order valence-corrected chi connectivity index (χ3v) is 1.16. The molecule has 0 atom stereocenters. The number of halogens is 3. The summed E-state index contributed by atoms with van der Waals surface area (Å²) in [6.07, 6.45) is -4.62. The molecule has 1 aromatic carbocycles. The predicted octanol–water partition coefficient (Wildman–Crippen LogP) is 2.76. The van der Waals surface area contributed by atoms with E-state index in [2.05, 4.69) is 11.7 Å². The van der Waals surface area contributed by atoms with Gasteiger partial charge in [0.25, 0.3) is 0 Å². The van der Waals surface area contributed by atoms with Crippen molar-refractivity contribution < 1.29 is 37.4 Å². The molecule has 0 aromatic heterocycles. The van der Waals surface area contributed by atoms with Crippen molar-refractivity contribution in [2.75, 3.05) is 0 Å². The number of rotatable bonds is 1. The van der Waals surface area contributed by atoms with E-state index in [1.807, 2.05) is 0 Å². The Bertz CT molecular complexity index is 255. The molecular formula is C8H6F3OZn-. The van der Waals surface area contributed by atoms with Gasteiger partial charge in [-0.3, -0.25) is 0 Å². The van der Waals surface area contributed by atoms with E-state index in [9.17, 15) is 13.2 Å². The molecule has 0 fully saturated rings. The summed E-state index contributed by atoms with van der Waals surface area (Å²) >= 11 is 0. The largest absolute Gasteiger partial charge is 0.573 e. The third kappa shape index (κ3) is 4.78. The maximum Gasteiger partial charge on any atom is 0.573 e. The van der Waals surface area contributed by atoms with Crippen molar-refractivity contribution in [1.29, 1.82) is 0 Å². The molecule has 5 heteroatoms. The molecule has 0 N–H and O–H groups in total. The number of hydrogen-bond donors (Lipinski definition) is 0. The van der Waals surface area contributed by atoms with Crippen LogP contribution in [0.25, 0.3) is 0 Å². The molecule has 0 spiro atoms. The Balaban J connectivity index is 0.00000144. The van der Waals surface area contributed by atoms with E-state index in [0.29, 0.717) is 5.56 Å². The van der Waals surface area contributed by atoms with Crippen molar-refractivity contribution >= 4 is 0 Å². The van der Waals surface area contributed by atoms with Crippen LogP contribution in [-0.4, -0.2) is 6.36 Å². The van der Waals surface area contributed by atoms with Crippen LogP contribution in [0.3, 0.4) is 0 Å². The molecule has 0 unspecified atom stereocenters. The van der Waals surface area contributed by atoms with Crippen molar-refractivity contribution in [2.24, 2.45) is 0 Å². The normalized spacial score (nSPS) is 10.4. The first kappa shape index (κ1) is 12.3. The van der Waals surface area contributed by atoms with Gasteiger partial charge >= 0.3 is 6.36 Å². The van der Waals surface area contributed by atoms with Gasteiger partial charge in [-0.25, -0.2) is 0 Å². The maximum absolute atomic E-state index is 11.6. The molecule has 13 heavy (non-hydrogen) atoms. The molecular weight excluding hydrogens is 234 g/mol. The van der Waals surface area contributed by atoms with Gasteiger partial charge in [0.15, 0.2) is 0 Å². The Labute approximate surface area is 86.7 Å². The fraction of sp³-hybridized carbons (Fsp3) is 0.125. The Hall–Kier alpha value is -0.697. The molecule has 1 rings (SSSR count). The van der Waals surface area contributed by atoms with Gasteiger partial charge in [0.1, 0.15) is 5.75 Å². The second-order valence-electron chi connectivity index (χ2n) is 2.19. The Morgan fingerprint density at radius 3 is 1.92 bits per heavy atom. The molecule has 0 saturated carbocycles. The molecule has 0 bridgehead atoms. The molecule has 1 aromatic rings. The molecule has 0 aliphatic carbocycles. The summed E-state index contributed by atoms with van der Waals surface area (Å²) in [5.41, 5.74) is 0.643. The number of benzene rings is 1. The molecule has 0 amide bonds. The molecule has 68 valence electrons. The van der Waals surface area contributed by atoms with Crippen molar-refractivity contribution in [3.8, 4) is 5.75 Å². The van der Waals surface area contributed by atoms with Crippen LogP contribution in [0.15, 0.2) is 24.3 Å². The first-order chi connectivity index (χ1) is 5.47. The summed E-state index contributed by atoms with van der Waals surface area (Å²) in [5, 5.41) is 0. The third-order valence-electron chi connectivity index (χ3n) is 1.16. The Morgan fingerprint density at radius 2 is 1.54 bits per heavy atom. The van der Waals surface area contributed by atoms with E-state index in [4.69, 9.17) is 0 Å². The summed E-state index contributed by atoms with van der Waals surface area (Å²) in [4.78, 5) is 0. The standard InChI is InChI=1S/C8H6F3O.Zn/c1-6-2-4-7(5-3-6)12-8(9,10)11;/h2-5H,1H2;/q-1;. The number of ether oxygens (including phenoxy) is 1. The topological polar surface area (TPSA) is 9.23 Å². The van der Waals surface area contributed by atoms with E-state index >= 15 is 0 Å². The average molecular weight is 241 g/mol. The smallest absolute Gasteiger partial charge is 0.408 e. The molecule has 0 saturated heterocycles. The summed E-state index contributed by atoms with van der Waals surface area (Å²) in [5.74, 6) is -0.227. The van der Waals surface area contributed by atoms with Gasteiger partial charge in [-0.2, -0.15) is 24.6 Å². The predicted molar refractivity (Wildman–Crippen MR) is 37.6 cm³/mol. The quantitative estimate of drug-likeness (QED) is 0.542. The van der Waals surface area contributed by atoms with Crippen LogP contribution in [0.4, 0.5) is 13.2 Å². The van der Waals surface area contributed by atoms with Gasteiger partial charge in [-0.15, -0.1) is 13.2 Å². The minimum Gasteiger partial charge on any atom is -0.408 e. The summed E-state index contributed by atoms with van der Waals surface area (Å²) in [6, 6.07) is 5.33. The van der Waals surface area contributed by atoms with Gasteiger partial charge < -0.3 is 4.74 Å². The summed E-state index contributed by atoms with van der Waals surface area (Å²) in [7, 11) is 0. The van der Waals surface area contributed by atoms with Crippen LogP contribution in [0.1, 0.15) is 5.56 Å². The fourth-order valence-electron chi connectivity index (χ4n) is 0.691. The van der Waals surface area contributed by atoms with Gasteiger partial charge in [0.2, 0.25) is 0 Å². The first-order valence-electron chi connectivity index (χ1n) is 3.15. The van der Waals surface area contributed by atoms with E-state index in [1.54, 1.807) is 0 Å². The van der Waals surface area contributed by atoms with Gasteiger partial charge in [-0.1, -0.05) is 12.1 Å². The zero-order chi connectivity index (χ0) is 9.19. The van der Waals surface area contributed by atoms with Crippen LogP contribution in [-0.2, 0) is 19.5 Å². The average Bonchev–Trinajstić information content (AvgIpc) is 1.91. The Kier molecular flexibility index (Phi) is 4.27. The monoisotopic (exact) mass is 239 g/mol. The summed E-state index contributed by atoms with van der Waals surface area (Å²) in [6.45, 7) is 3.52. The van der Waals surface area contributed by atoms with Gasteiger partial charge in [-0.05, 0) is 0 Å². The van der Waals surface area contributed by atoms with E-state index < -0.39 is 6.36 Å². The second kappa shape index (κ2) is 4.51. The molecule has 0 radical (unpaired) electrons. The van der Waals surface area contributed by atoms with E-state index in [-0.39, 0.29) is 25.2 Å². The minimum atomic E-state index is -4.62. The number of alkyl halides is 3. The van der Waals surface area contributed by atoms with E-state index in [0.717, 1.165) is 0 Å². The van der Waals surface area contributed by atoms with E-state index in [1.165, 1.54) is 24.3 Å². The van der Waals surface area contributed by atoms with Crippen molar-refractivity contribution in [3.63, 3.8) is 0 Å². The molecule has 0 aliphatic rings. The minimum absolute atomic E-state index is 0. The van der Waals surface area contributed by atoms with Gasteiger partial charge in [0, 0.05) is 19.5 Å². The zero-order valence-corrected chi connectivity index (χ0v) is 9.73. The van der Waals surface area contributed by atoms with Crippen molar-refractivity contribution in [2.45, 2.75) is 6.36 Å². The molecule has 1 nitrogen and oxygen atoms in total. The van der Waals surface area contributed by atoms with Crippen LogP contribution in [0.5, 0.6) is 5.75 Å². The van der Waals surface area contributed by atoms with Crippen LogP contribution >= 0.6 is 0 Å². The molecule has 0 heterocycles. The first-order valence-corrected chi connectivity index (χ1v) is 3.15. The fourth-order valence-corrected chi connectivity index (χ4v) is 0.691. The maximum atomic E-state index is 11.6. The van der Waals surface area contributed by atoms with Crippen molar-refractivity contribution in [3.05, 3.63) is 36.8 Å².